The Labute approximate surface area is 140 Å². The molecule has 0 spiro atoms. The fourth-order valence-corrected chi connectivity index (χ4v) is 3.72. The van der Waals surface area contributed by atoms with Gasteiger partial charge in [0.05, 0.1) is 5.69 Å². The van der Waals surface area contributed by atoms with Crippen molar-refractivity contribution in [3.8, 4) is 5.75 Å². The molecule has 3 rings (SSSR count). The van der Waals surface area contributed by atoms with Crippen molar-refractivity contribution in [1.29, 1.82) is 0 Å². The maximum Gasteiger partial charge on any atom is 0.264 e. The highest BCUT2D eigenvalue weighted by Crippen LogP contribution is 2.29. The molecular weight excluding hydrogens is 308 g/mol. The molecule has 0 bridgehead atoms. The third-order valence-electron chi connectivity index (χ3n) is 4.01. The quantitative estimate of drug-likeness (QED) is 0.895. The number of rotatable bonds is 5. The summed E-state index contributed by atoms with van der Waals surface area (Å²) in [7, 11) is 0. The number of fused-ring (bicyclic) bond motifs is 1. The lowest BCUT2D eigenvalue weighted by Gasteiger charge is -2.08. The number of anilines is 1. The van der Waals surface area contributed by atoms with Crippen molar-refractivity contribution < 1.29 is 9.53 Å². The maximum atomic E-state index is 12.0. The van der Waals surface area contributed by atoms with Gasteiger partial charge in [-0.25, -0.2) is 4.98 Å². The van der Waals surface area contributed by atoms with E-state index in [1.807, 2.05) is 24.3 Å². The number of nitrogens with one attached hydrogen (secondary N) is 1. The molecule has 1 aromatic heterocycles. The highest BCUT2D eigenvalue weighted by Gasteiger charge is 2.16. The predicted octanol–water partition coefficient (Wildman–Crippen LogP) is 4.16. The van der Waals surface area contributed by atoms with Gasteiger partial charge in [-0.15, -0.1) is 11.3 Å². The lowest BCUT2D eigenvalue weighted by atomic mass is 10.0. The Bertz CT molecular complexity index is 653. The molecule has 0 aliphatic heterocycles. The van der Waals surface area contributed by atoms with Crippen molar-refractivity contribution in [3.63, 3.8) is 0 Å². The lowest BCUT2D eigenvalue weighted by molar-refractivity contribution is -0.118. The van der Waals surface area contributed by atoms with Gasteiger partial charge in [-0.05, 0) is 49.3 Å². The Morgan fingerprint density at radius 3 is 2.70 bits per heavy atom. The second-order valence-electron chi connectivity index (χ2n) is 6.16. The molecule has 1 heterocycles. The van der Waals surface area contributed by atoms with Gasteiger partial charge in [0.25, 0.3) is 5.91 Å². The minimum atomic E-state index is -0.163. The van der Waals surface area contributed by atoms with E-state index in [0.29, 0.717) is 16.8 Å². The van der Waals surface area contributed by atoms with Crippen LogP contribution >= 0.6 is 11.3 Å². The molecule has 0 saturated carbocycles. The van der Waals surface area contributed by atoms with Crippen LogP contribution in [-0.4, -0.2) is 17.5 Å². The van der Waals surface area contributed by atoms with Crippen molar-refractivity contribution in [2.24, 2.45) is 0 Å². The molecule has 1 amide bonds. The third kappa shape index (κ3) is 4.10. The highest BCUT2D eigenvalue weighted by molar-refractivity contribution is 7.15. The number of carbonyl (C=O) groups is 1. The van der Waals surface area contributed by atoms with Crippen LogP contribution < -0.4 is 10.1 Å². The van der Waals surface area contributed by atoms with Gasteiger partial charge >= 0.3 is 0 Å². The molecular formula is C18H22N2O2S. The van der Waals surface area contributed by atoms with Crippen LogP contribution in [0.3, 0.4) is 0 Å². The number of hydrogen-bond acceptors (Lipinski definition) is 4. The zero-order valence-electron chi connectivity index (χ0n) is 13.6. The van der Waals surface area contributed by atoms with Crippen LogP contribution in [0.15, 0.2) is 24.3 Å². The number of ether oxygens (including phenoxy) is 1. The summed E-state index contributed by atoms with van der Waals surface area (Å²) in [5, 5.41) is 3.54. The molecule has 0 radical (unpaired) electrons. The van der Waals surface area contributed by atoms with Gasteiger partial charge in [-0.3, -0.25) is 10.1 Å². The molecule has 5 heteroatoms. The van der Waals surface area contributed by atoms with Crippen LogP contribution in [0.1, 0.15) is 48.7 Å². The van der Waals surface area contributed by atoms with Gasteiger partial charge in [0, 0.05) is 4.88 Å². The second-order valence-corrected chi connectivity index (χ2v) is 7.24. The highest BCUT2D eigenvalue weighted by atomic mass is 32.1. The average Bonchev–Trinajstić information content (AvgIpc) is 2.95. The van der Waals surface area contributed by atoms with Gasteiger partial charge < -0.3 is 4.74 Å². The fourth-order valence-electron chi connectivity index (χ4n) is 2.66. The van der Waals surface area contributed by atoms with Crippen molar-refractivity contribution in [2.45, 2.75) is 45.4 Å². The normalized spacial score (nSPS) is 13.7. The summed E-state index contributed by atoms with van der Waals surface area (Å²) in [4.78, 5) is 17.8. The van der Waals surface area contributed by atoms with E-state index in [1.54, 1.807) is 11.3 Å². The van der Waals surface area contributed by atoms with Gasteiger partial charge in [-0.1, -0.05) is 26.0 Å². The summed E-state index contributed by atoms with van der Waals surface area (Å²) in [5.41, 5.74) is 2.41. The summed E-state index contributed by atoms with van der Waals surface area (Å²) in [5.74, 6) is 1.04. The summed E-state index contributed by atoms with van der Waals surface area (Å²) in [6.07, 6.45) is 4.53. The second kappa shape index (κ2) is 7.13. The smallest absolute Gasteiger partial charge is 0.264 e. The molecule has 1 aliphatic rings. The molecule has 2 aromatic rings. The van der Waals surface area contributed by atoms with Crippen molar-refractivity contribution in [2.75, 3.05) is 11.9 Å². The Kier molecular flexibility index (Phi) is 4.96. The Hall–Kier alpha value is -1.88. The standard InChI is InChI=1S/C18H22N2O2S/c1-12(2)13-7-9-14(10-8-13)22-11-17(21)20-18-19-15-5-3-4-6-16(15)23-18/h7-10,12H,3-6,11H2,1-2H3,(H,19,20,21). The molecule has 1 aromatic carbocycles. The van der Waals surface area contributed by atoms with E-state index < -0.39 is 0 Å². The van der Waals surface area contributed by atoms with Crippen LogP contribution in [0, 0.1) is 0 Å². The van der Waals surface area contributed by atoms with Crippen LogP contribution in [0.2, 0.25) is 0 Å². The largest absolute Gasteiger partial charge is 0.484 e. The molecule has 0 atom stereocenters. The Morgan fingerprint density at radius 2 is 2.00 bits per heavy atom. The van der Waals surface area contributed by atoms with Crippen molar-refractivity contribution in [1.82, 2.24) is 4.98 Å². The molecule has 4 nitrogen and oxygen atoms in total. The van der Waals surface area contributed by atoms with Gasteiger partial charge in [0.1, 0.15) is 5.75 Å². The zero-order valence-corrected chi connectivity index (χ0v) is 14.4. The molecule has 23 heavy (non-hydrogen) atoms. The van der Waals surface area contributed by atoms with E-state index in [-0.39, 0.29) is 12.5 Å². The molecule has 1 aliphatic carbocycles. The van der Waals surface area contributed by atoms with E-state index >= 15 is 0 Å². The van der Waals surface area contributed by atoms with Gasteiger partial charge in [-0.2, -0.15) is 0 Å². The molecule has 1 N–H and O–H groups in total. The summed E-state index contributed by atoms with van der Waals surface area (Å²) in [6.45, 7) is 4.30. The summed E-state index contributed by atoms with van der Waals surface area (Å²) < 4.78 is 5.54. The molecule has 122 valence electrons. The summed E-state index contributed by atoms with van der Waals surface area (Å²) >= 11 is 1.59. The van der Waals surface area contributed by atoms with E-state index in [1.165, 1.54) is 23.3 Å². The van der Waals surface area contributed by atoms with Crippen LogP contribution in [-0.2, 0) is 17.6 Å². The number of nitrogens with zero attached hydrogens (tertiary/aromatic N) is 1. The number of carbonyl (C=O) groups excluding carboxylic acids is 1. The van der Waals surface area contributed by atoms with E-state index in [2.05, 4.69) is 24.1 Å². The first kappa shape index (κ1) is 16.0. The zero-order chi connectivity index (χ0) is 16.2. The monoisotopic (exact) mass is 330 g/mol. The number of hydrogen-bond donors (Lipinski definition) is 1. The van der Waals surface area contributed by atoms with Crippen LogP contribution in [0.25, 0.3) is 0 Å². The lowest BCUT2D eigenvalue weighted by Crippen LogP contribution is -2.20. The van der Waals surface area contributed by atoms with Crippen molar-refractivity contribution in [3.05, 3.63) is 40.4 Å². The molecule has 0 saturated heterocycles. The molecule has 0 fully saturated rings. The summed E-state index contributed by atoms with van der Waals surface area (Å²) in [6, 6.07) is 7.88. The SMILES string of the molecule is CC(C)c1ccc(OCC(=O)Nc2nc3c(s2)CCCC3)cc1. The van der Waals surface area contributed by atoms with Crippen LogP contribution in [0.4, 0.5) is 5.13 Å². The Morgan fingerprint density at radius 1 is 1.26 bits per heavy atom. The Balaban J connectivity index is 1.52. The maximum absolute atomic E-state index is 12.0. The number of aromatic nitrogens is 1. The first-order valence-corrected chi connectivity index (χ1v) is 8.94. The minimum Gasteiger partial charge on any atom is -0.484 e. The topological polar surface area (TPSA) is 51.2 Å². The molecule has 0 unspecified atom stereocenters. The van der Waals surface area contributed by atoms with Crippen LogP contribution in [0.5, 0.6) is 5.75 Å². The van der Waals surface area contributed by atoms with Gasteiger partial charge in [0.15, 0.2) is 11.7 Å². The fraction of sp³-hybridized carbons (Fsp3) is 0.444. The van der Waals surface area contributed by atoms with Gasteiger partial charge in [0.2, 0.25) is 0 Å². The van der Waals surface area contributed by atoms with E-state index in [4.69, 9.17) is 4.74 Å². The van der Waals surface area contributed by atoms with E-state index in [9.17, 15) is 4.79 Å². The number of amides is 1. The number of thiazole rings is 1. The first-order chi connectivity index (χ1) is 11.1. The third-order valence-corrected chi connectivity index (χ3v) is 5.08. The first-order valence-electron chi connectivity index (χ1n) is 8.13. The number of aryl methyl sites for hydroxylation is 2. The van der Waals surface area contributed by atoms with E-state index in [0.717, 1.165) is 18.5 Å². The predicted molar refractivity (Wildman–Crippen MR) is 93.4 cm³/mol. The number of benzene rings is 1. The minimum absolute atomic E-state index is 0.00523. The van der Waals surface area contributed by atoms with Crippen molar-refractivity contribution >= 4 is 22.4 Å². The average molecular weight is 330 g/mol.